The molecule has 0 N–H and O–H groups in total. The van der Waals surface area contributed by atoms with Crippen molar-refractivity contribution in [2.24, 2.45) is 5.41 Å². The van der Waals surface area contributed by atoms with Crippen LogP contribution in [0.3, 0.4) is 0 Å². The molecule has 134 valence electrons. The van der Waals surface area contributed by atoms with E-state index in [1.165, 1.54) is 0 Å². The first-order valence-corrected chi connectivity index (χ1v) is 12.7. The van der Waals surface area contributed by atoms with Gasteiger partial charge in [-0.2, -0.15) is 0 Å². The molecular formula is C20H32O3Si. The molecule has 0 aromatic carbocycles. The van der Waals surface area contributed by atoms with Crippen LogP contribution in [0, 0.1) is 17.3 Å². The molecule has 3 nitrogen and oxygen atoms in total. The van der Waals surface area contributed by atoms with Crippen LogP contribution in [-0.2, 0) is 14.3 Å². The van der Waals surface area contributed by atoms with E-state index in [2.05, 4.69) is 44.5 Å². The molecule has 0 aliphatic heterocycles. The number of unbranched alkanes of at least 4 members (excludes halogenated alkanes) is 2. The van der Waals surface area contributed by atoms with Gasteiger partial charge >= 0.3 is 5.97 Å². The Labute approximate surface area is 148 Å². The highest BCUT2D eigenvalue weighted by atomic mass is 28.3. The number of ether oxygens (including phenoxy) is 1. The maximum absolute atomic E-state index is 12.4. The summed E-state index contributed by atoms with van der Waals surface area (Å²) in [7, 11) is -1.60. The summed E-state index contributed by atoms with van der Waals surface area (Å²) in [5.74, 6) is 6.28. The summed E-state index contributed by atoms with van der Waals surface area (Å²) in [5, 5.41) is 1.14. The summed E-state index contributed by atoms with van der Waals surface area (Å²) < 4.78 is 5.22. The minimum atomic E-state index is -1.60. The van der Waals surface area contributed by atoms with E-state index >= 15 is 0 Å². The van der Waals surface area contributed by atoms with Crippen molar-refractivity contribution in [3.05, 3.63) is 11.3 Å². The molecule has 1 fully saturated rings. The summed E-state index contributed by atoms with van der Waals surface area (Å²) >= 11 is 0. The second-order valence-electron chi connectivity index (χ2n) is 7.56. The summed E-state index contributed by atoms with van der Waals surface area (Å²) in [6, 6.07) is 0. The third-order valence-corrected chi connectivity index (χ3v) is 6.49. The third-order valence-electron chi connectivity index (χ3n) is 4.55. The van der Waals surface area contributed by atoms with E-state index in [1.807, 2.05) is 0 Å². The van der Waals surface area contributed by atoms with Crippen LogP contribution in [0.1, 0.15) is 58.8 Å². The van der Waals surface area contributed by atoms with Crippen molar-refractivity contribution < 1.29 is 14.3 Å². The summed E-state index contributed by atoms with van der Waals surface area (Å²) in [6.45, 7) is 11.0. The molecule has 1 unspecified atom stereocenters. The van der Waals surface area contributed by atoms with Crippen LogP contribution in [0.2, 0.25) is 19.6 Å². The van der Waals surface area contributed by atoms with Gasteiger partial charge in [-0.05, 0) is 37.8 Å². The standard InChI is InChI=1S/C20H32O3Si/c1-6-8-9-10-12-17(24(3,4)5)14-16-20(19(22)23-7-2)15-11-13-18(20)21/h14H,6-9,11,13,15-16H2,1-5H3/b17-14+. The number of hydrogen-bond donors (Lipinski definition) is 0. The predicted octanol–water partition coefficient (Wildman–Crippen LogP) is 4.68. The van der Waals surface area contributed by atoms with Crippen molar-refractivity contribution >= 4 is 19.8 Å². The van der Waals surface area contributed by atoms with Gasteiger partial charge in [-0.1, -0.05) is 50.9 Å². The van der Waals surface area contributed by atoms with E-state index in [0.29, 0.717) is 25.9 Å². The van der Waals surface area contributed by atoms with E-state index in [-0.39, 0.29) is 11.8 Å². The summed E-state index contributed by atoms with van der Waals surface area (Å²) in [6.07, 6.45) is 7.51. The number of ketones is 1. The van der Waals surface area contributed by atoms with Crippen LogP contribution in [0.15, 0.2) is 11.3 Å². The second kappa shape index (κ2) is 9.22. The fraction of sp³-hybridized carbons (Fsp3) is 0.700. The van der Waals surface area contributed by atoms with Crippen molar-refractivity contribution in [3.63, 3.8) is 0 Å². The van der Waals surface area contributed by atoms with Gasteiger partial charge in [-0.25, -0.2) is 0 Å². The van der Waals surface area contributed by atoms with Crippen molar-refractivity contribution in [2.45, 2.75) is 78.4 Å². The Balaban J connectivity index is 3.04. The number of allylic oxidation sites excluding steroid dienone is 2. The fourth-order valence-corrected chi connectivity index (χ4v) is 4.14. The van der Waals surface area contributed by atoms with Crippen molar-refractivity contribution in [1.82, 2.24) is 0 Å². The van der Waals surface area contributed by atoms with E-state index in [4.69, 9.17) is 4.74 Å². The Hall–Kier alpha value is -1.34. The van der Waals surface area contributed by atoms with Gasteiger partial charge in [0.25, 0.3) is 0 Å². The lowest BCUT2D eigenvalue weighted by Crippen LogP contribution is -2.37. The first-order valence-electron chi connectivity index (χ1n) is 9.18. The lowest BCUT2D eigenvalue weighted by molar-refractivity contribution is -0.158. The average molecular weight is 349 g/mol. The minimum Gasteiger partial charge on any atom is -0.465 e. The van der Waals surface area contributed by atoms with Crippen LogP contribution in [0.5, 0.6) is 0 Å². The zero-order valence-electron chi connectivity index (χ0n) is 16.0. The molecule has 0 spiro atoms. The lowest BCUT2D eigenvalue weighted by atomic mass is 9.81. The van der Waals surface area contributed by atoms with Crippen LogP contribution in [0.25, 0.3) is 0 Å². The first kappa shape index (κ1) is 20.7. The topological polar surface area (TPSA) is 43.4 Å². The number of rotatable bonds is 7. The number of Topliss-reactive ketones (excluding diaryl/α,β-unsaturated/α-hetero) is 1. The van der Waals surface area contributed by atoms with Gasteiger partial charge in [0.15, 0.2) is 5.78 Å². The van der Waals surface area contributed by atoms with Gasteiger partial charge in [-0.3, -0.25) is 9.59 Å². The molecule has 24 heavy (non-hydrogen) atoms. The minimum absolute atomic E-state index is 0.0334. The monoisotopic (exact) mass is 348 g/mol. The Kier molecular flexibility index (Phi) is 7.95. The zero-order valence-corrected chi connectivity index (χ0v) is 17.0. The van der Waals surface area contributed by atoms with E-state index in [1.54, 1.807) is 6.92 Å². The molecule has 4 heteroatoms. The van der Waals surface area contributed by atoms with Crippen LogP contribution < -0.4 is 0 Å². The molecule has 0 saturated heterocycles. The third kappa shape index (κ3) is 5.34. The molecular weight excluding hydrogens is 316 g/mol. The van der Waals surface area contributed by atoms with Crippen LogP contribution >= 0.6 is 0 Å². The molecule has 1 rings (SSSR count). The number of hydrogen-bond acceptors (Lipinski definition) is 3. The Morgan fingerprint density at radius 3 is 2.54 bits per heavy atom. The largest absolute Gasteiger partial charge is 0.465 e. The van der Waals surface area contributed by atoms with Crippen molar-refractivity contribution in [2.75, 3.05) is 6.61 Å². The molecule has 0 heterocycles. The molecule has 1 aliphatic carbocycles. The van der Waals surface area contributed by atoms with Gasteiger partial charge in [0.2, 0.25) is 0 Å². The Bertz CT molecular complexity index is 545. The van der Waals surface area contributed by atoms with Crippen molar-refractivity contribution in [1.29, 1.82) is 0 Å². The number of esters is 1. The zero-order chi connectivity index (χ0) is 18.2. The second-order valence-corrected chi connectivity index (χ2v) is 12.6. The Morgan fingerprint density at radius 2 is 2.04 bits per heavy atom. The molecule has 0 radical (unpaired) electrons. The van der Waals surface area contributed by atoms with E-state index in [0.717, 1.165) is 30.9 Å². The molecule has 0 aromatic rings. The average Bonchev–Trinajstić information content (AvgIpc) is 2.87. The smallest absolute Gasteiger partial charge is 0.319 e. The highest BCUT2D eigenvalue weighted by Gasteiger charge is 2.49. The first-order chi connectivity index (χ1) is 11.3. The van der Waals surface area contributed by atoms with Gasteiger partial charge in [-0.15, -0.1) is 0 Å². The normalized spacial score (nSPS) is 21.4. The van der Waals surface area contributed by atoms with Gasteiger partial charge in [0.05, 0.1) is 14.7 Å². The molecule has 0 bridgehead atoms. The lowest BCUT2D eigenvalue weighted by Gasteiger charge is -2.25. The quantitative estimate of drug-likeness (QED) is 0.221. The predicted molar refractivity (Wildman–Crippen MR) is 101 cm³/mol. The number of carbonyl (C=O) groups is 2. The van der Waals surface area contributed by atoms with Crippen molar-refractivity contribution in [3.8, 4) is 11.8 Å². The van der Waals surface area contributed by atoms with Crippen LogP contribution in [0.4, 0.5) is 0 Å². The van der Waals surface area contributed by atoms with E-state index in [9.17, 15) is 9.59 Å². The van der Waals surface area contributed by atoms with Gasteiger partial charge in [0, 0.05) is 12.8 Å². The van der Waals surface area contributed by atoms with Crippen LogP contribution in [-0.4, -0.2) is 26.4 Å². The SMILES string of the molecule is CCCCC#C/C(=C\CC1(C(=O)OCC)CCCC1=O)[Si](C)(C)C. The highest BCUT2D eigenvalue weighted by molar-refractivity contribution is 6.84. The fourth-order valence-electron chi connectivity index (χ4n) is 2.96. The Morgan fingerprint density at radius 1 is 1.33 bits per heavy atom. The van der Waals surface area contributed by atoms with Gasteiger partial charge < -0.3 is 4.74 Å². The summed E-state index contributed by atoms with van der Waals surface area (Å²) in [5.41, 5.74) is -0.966. The van der Waals surface area contributed by atoms with Gasteiger partial charge in [0.1, 0.15) is 5.41 Å². The molecule has 0 amide bonds. The highest BCUT2D eigenvalue weighted by Crippen LogP contribution is 2.40. The maximum Gasteiger partial charge on any atom is 0.319 e. The molecule has 0 aromatic heterocycles. The van der Waals surface area contributed by atoms with E-state index < -0.39 is 13.5 Å². The summed E-state index contributed by atoms with van der Waals surface area (Å²) in [4.78, 5) is 24.9. The molecule has 1 atom stereocenters. The molecule has 1 saturated carbocycles. The molecule has 1 aliphatic rings. The maximum atomic E-state index is 12.4. The number of carbonyl (C=O) groups excluding carboxylic acids is 2.